The summed E-state index contributed by atoms with van der Waals surface area (Å²) in [4.78, 5) is 21.2. The van der Waals surface area contributed by atoms with Crippen molar-refractivity contribution in [2.45, 2.75) is 87.5 Å². The number of fused-ring (bicyclic) bond motifs is 4. The molecule has 0 aliphatic carbocycles. The van der Waals surface area contributed by atoms with Crippen molar-refractivity contribution in [1.29, 1.82) is 0 Å². The van der Waals surface area contributed by atoms with E-state index in [4.69, 9.17) is 9.97 Å². The number of aliphatic hydroxyl groups is 1. The van der Waals surface area contributed by atoms with Gasteiger partial charge in [-0.25, -0.2) is 4.98 Å². The fraction of sp³-hybridized carbons (Fsp3) is 0.425. The maximum atomic E-state index is 11.7. The Balaban J connectivity index is 0.000000259. The molecule has 1 N–H and O–H groups in total. The topological polar surface area (TPSA) is 68.0 Å². The summed E-state index contributed by atoms with van der Waals surface area (Å²) >= 11 is 0. The molecule has 0 saturated heterocycles. The average Bonchev–Trinajstić information content (AvgIpc) is 3.27. The van der Waals surface area contributed by atoms with Crippen LogP contribution in [-0.4, -0.2) is 25.4 Å². The van der Waals surface area contributed by atoms with Gasteiger partial charge in [0.05, 0.1) is 16.8 Å². The number of carbonyl (C=O) groups is 1. The molecule has 0 aliphatic rings. The van der Waals surface area contributed by atoms with E-state index in [-0.39, 0.29) is 48.9 Å². The molecule has 245 valence electrons. The number of hydrogen-bond donors (Lipinski definition) is 1. The van der Waals surface area contributed by atoms with E-state index in [0.717, 1.165) is 53.9 Å². The average molecular weight is 795 g/mol. The van der Waals surface area contributed by atoms with Crippen LogP contribution in [0.4, 0.5) is 0 Å². The van der Waals surface area contributed by atoms with Crippen molar-refractivity contribution >= 4 is 60.0 Å². The minimum absolute atomic E-state index is 0. The van der Waals surface area contributed by atoms with E-state index in [9.17, 15) is 9.90 Å². The van der Waals surface area contributed by atoms with Crippen LogP contribution in [0.25, 0.3) is 54.3 Å². The predicted molar refractivity (Wildman–Crippen MR) is 190 cm³/mol. The summed E-state index contributed by atoms with van der Waals surface area (Å²) in [6, 6.07) is 16.7. The van der Waals surface area contributed by atoms with Gasteiger partial charge in [0.1, 0.15) is 6.33 Å². The molecule has 0 unspecified atom stereocenters. The van der Waals surface area contributed by atoms with Gasteiger partial charge in [-0.15, -0.1) is 23.6 Å². The van der Waals surface area contributed by atoms with Gasteiger partial charge >= 0.3 is 0 Å². The number of nitrogens with zero attached hydrogens (tertiary/aromatic N) is 3. The van der Waals surface area contributed by atoms with Gasteiger partial charge in [-0.05, 0) is 61.5 Å². The van der Waals surface area contributed by atoms with Gasteiger partial charge in [-0.3, -0.25) is 9.78 Å². The Kier molecular flexibility index (Phi) is 11.0. The molecule has 6 heteroatoms. The first kappa shape index (κ1) is 35.5. The number of aryl methyl sites for hydroxylation is 2. The van der Waals surface area contributed by atoms with E-state index in [2.05, 4.69) is 81.8 Å². The van der Waals surface area contributed by atoms with Gasteiger partial charge in [-0.2, -0.15) is 0 Å². The molecule has 5 nitrogen and oxygen atoms in total. The molecule has 0 amide bonds. The molecule has 0 bridgehead atoms. The largest absolute Gasteiger partial charge is 0.512 e. The zero-order valence-corrected chi connectivity index (χ0v) is 31.2. The maximum absolute atomic E-state index is 11.7. The van der Waals surface area contributed by atoms with Gasteiger partial charge < -0.3 is 9.67 Å². The number of aromatic nitrogens is 3. The van der Waals surface area contributed by atoms with Crippen LogP contribution < -0.4 is 0 Å². The molecule has 0 aliphatic heterocycles. The quantitative estimate of drug-likeness (QED) is 0.0548. The normalized spacial score (nSPS) is 12.5. The fourth-order valence-corrected chi connectivity index (χ4v) is 6.97. The Morgan fingerprint density at radius 2 is 1.61 bits per heavy atom. The number of hydrogen-bond acceptors (Lipinski definition) is 4. The molecule has 2 aromatic heterocycles. The third-order valence-corrected chi connectivity index (χ3v) is 9.53. The second-order valence-electron chi connectivity index (χ2n) is 13.8. The van der Waals surface area contributed by atoms with Crippen molar-refractivity contribution < 1.29 is 30.0 Å². The smallest absolute Gasteiger partial charge is 0.162 e. The Morgan fingerprint density at radius 3 is 2.24 bits per heavy atom. The van der Waals surface area contributed by atoms with Crippen molar-refractivity contribution in [2.75, 3.05) is 0 Å². The van der Waals surface area contributed by atoms with Crippen LogP contribution in [0.5, 0.6) is 0 Å². The van der Waals surface area contributed by atoms with Crippen molar-refractivity contribution in [3.63, 3.8) is 0 Å². The van der Waals surface area contributed by atoms with Crippen LogP contribution >= 0.6 is 0 Å². The Morgan fingerprint density at radius 1 is 0.957 bits per heavy atom. The van der Waals surface area contributed by atoms with E-state index < -0.39 is 0 Å². The molecule has 0 spiro atoms. The predicted octanol–water partition coefficient (Wildman–Crippen LogP) is 10.6. The zero-order valence-electron chi connectivity index (χ0n) is 28.8. The van der Waals surface area contributed by atoms with Crippen LogP contribution in [0.3, 0.4) is 0 Å². The van der Waals surface area contributed by atoms with Gasteiger partial charge in [0.25, 0.3) is 0 Å². The molecule has 0 fully saturated rings. The molecule has 6 rings (SSSR count). The number of carbonyl (C=O) groups excluding carboxylic acids is 1. The van der Waals surface area contributed by atoms with Crippen molar-refractivity contribution in [1.82, 2.24) is 14.5 Å². The number of aliphatic hydroxyl groups excluding tert-OH is 1. The van der Waals surface area contributed by atoms with Crippen LogP contribution in [0.2, 0.25) is 0 Å². The van der Waals surface area contributed by atoms with Gasteiger partial charge in [-0.1, -0.05) is 82.8 Å². The van der Waals surface area contributed by atoms with E-state index >= 15 is 0 Å². The van der Waals surface area contributed by atoms with Gasteiger partial charge in [0, 0.05) is 67.0 Å². The molecule has 0 atom stereocenters. The molecular weight excluding hydrogens is 747 g/mol. The summed E-state index contributed by atoms with van der Waals surface area (Å²) in [5, 5.41) is 18.2. The second kappa shape index (κ2) is 14.2. The first-order valence-electron chi connectivity index (χ1n) is 16.6. The molecule has 46 heavy (non-hydrogen) atoms. The van der Waals surface area contributed by atoms with E-state index in [0.29, 0.717) is 0 Å². The first-order valence-corrected chi connectivity index (χ1v) is 16.6. The Bertz CT molecular complexity index is 2020. The third-order valence-electron chi connectivity index (χ3n) is 9.53. The van der Waals surface area contributed by atoms with Gasteiger partial charge in [0.15, 0.2) is 5.78 Å². The number of ketones is 1. The summed E-state index contributed by atoms with van der Waals surface area (Å²) in [7, 11) is 2.19. The molecule has 1 radical (unpaired) electrons. The van der Waals surface area contributed by atoms with Crippen LogP contribution in [0, 0.1) is 30.2 Å². The Hall–Kier alpha value is -3.34. The van der Waals surface area contributed by atoms with E-state index in [1.54, 1.807) is 6.33 Å². The molecule has 2 heterocycles. The third kappa shape index (κ3) is 6.57. The zero-order chi connectivity index (χ0) is 32.6. The summed E-state index contributed by atoms with van der Waals surface area (Å²) < 4.78 is 2.37. The summed E-state index contributed by atoms with van der Waals surface area (Å²) in [5.74, 6) is 0.547. The second-order valence-corrected chi connectivity index (χ2v) is 13.8. The van der Waals surface area contributed by atoms with Crippen molar-refractivity contribution in [3.05, 3.63) is 71.9 Å². The maximum Gasteiger partial charge on any atom is 0.162 e. The first-order chi connectivity index (χ1) is 21.4. The Labute approximate surface area is 287 Å². The van der Waals surface area contributed by atoms with E-state index in [1.165, 1.54) is 49.8 Å². The summed E-state index contributed by atoms with van der Waals surface area (Å²) in [5.41, 5.74) is 6.20. The van der Waals surface area contributed by atoms with Crippen molar-refractivity contribution in [3.8, 4) is 0 Å². The molecule has 4 aromatic carbocycles. The monoisotopic (exact) mass is 795 g/mol. The van der Waals surface area contributed by atoms with E-state index in [1.807, 2.05) is 27.7 Å². The summed E-state index contributed by atoms with van der Waals surface area (Å²) in [6.07, 6.45) is 7.62. The van der Waals surface area contributed by atoms with Gasteiger partial charge in [0.2, 0.25) is 0 Å². The number of allylic oxidation sites excluding steroid dienone is 2. The SMILES string of the molecule is CCC(CC)C(=O)/C=C(\O)C(CC)CC.Cc1c2c3cc4ccccc4[c-]c3c3ncnc4cc(CC(C)(C)C)c(c2c43)n1C.[Ir]. The summed E-state index contributed by atoms with van der Waals surface area (Å²) in [6.45, 7) is 17.2. The fourth-order valence-electron chi connectivity index (χ4n) is 6.97. The standard InChI is InChI=1S/C27H24N3.C13H24O2.Ir/c1-15-22-19-10-16-8-6-7-9-17(16)11-20(19)25-23-21(28-14-29-25)12-18(13-27(2,3)4)26(24(22)23)30(15)5;1-5-10(6-2)12(14)9-13(15)11(7-3)8-4;/h6-10,12,14H,13H2,1-5H3;9-11,14H,5-8H2,1-4H3;/q-1;;/b;12-9-;. The van der Waals surface area contributed by atoms with Crippen molar-refractivity contribution in [2.24, 2.45) is 24.3 Å². The minimum atomic E-state index is 0. The van der Waals surface area contributed by atoms with Crippen LogP contribution in [0.15, 0.2) is 54.6 Å². The number of benzene rings is 4. The molecule has 0 saturated carbocycles. The number of rotatable bonds is 8. The minimum Gasteiger partial charge on any atom is -0.512 e. The molecule has 6 aromatic rings. The van der Waals surface area contributed by atoms with Crippen LogP contribution in [0.1, 0.15) is 85.4 Å². The molecular formula is C40H48IrN3O2-. The van der Waals surface area contributed by atoms with Crippen LogP contribution in [-0.2, 0) is 38.4 Å².